The SMILES string of the molecule is COc1ccc(N(C(C)C)S(C)(=O)=O)cc1CNC1C2C3CCCCC2CN(C3)C1C(c1ccccc1)c1ccccc1. The number of nitrogens with one attached hydrogen (secondary N) is 1. The number of anilines is 1. The van der Waals surface area contributed by atoms with Crippen LogP contribution in [-0.4, -0.2) is 57.9 Å². The summed E-state index contributed by atoms with van der Waals surface area (Å²) in [7, 11) is -1.73. The predicted octanol–water partition coefficient (Wildman–Crippen LogP) is 6.28. The van der Waals surface area contributed by atoms with Crippen LogP contribution in [0.1, 0.15) is 62.1 Å². The van der Waals surface area contributed by atoms with E-state index < -0.39 is 10.0 Å². The van der Waals surface area contributed by atoms with Crippen LogP contribution in [0.4, 0.5) is 5.69 Å². The van der Waals surface area contributed by atoms with E-state index in [0.717, 1.165) is 11.3 Å². The highest BCUT2D eigenvalue weighted by atomic mass is 32.2. The molecule has 3 aliphatic heterocycles. The van der Waals surface area contributed by atoms with E-state index in [1.54, 1.807) is 7.11 Å². The Balaban J connectivity index is 1.39. The van der Waals surface area contributed by atoms with Gasteiger partial charge in [0.25, 0.3) is 0 Å². The molecule has 0 spiro atoms. The highest BCUT2D eigenvalue weighted by Gasteiger charge is 2.54. The first-order valence-corrected chi connectivity index (χ1v) is 17.8. The van der Waals surface area contributed by atoms with Gasteiger partial charge in [-0.05, 0) is 73.8 Å². The number of ether oxygens (including phenoxy) is 1. The van der Waals surface area contributed by atoms with Crippen molar-refractivity contribution < 1.29 is 13.2 Å². The van der Waals surface area contributed by atoms with Crippen LogP contribution >= 0.6 is 0 Å². The van der Waals surface area contributed by atoms with Crippen molar-refractivity contribution in [2.75, 3.05) is 30.8 Å². The fraction of sp³-hybridized carbons (Fsp3) is 0.500. The first-order chi connectivity index (χ1) is 20.8. The van der Waals surface area contributed by atoms with Gasteiger partial charge >= 0.3 is 0 Å². The third kappa shape index (κ3) is 6.09. The Hall–Kier alpha value is -2.87. The molecular formula is C36H47N3O3S. The normalized spacial score (nSPS) is 26.8. The Labute approximate surface area is 258 Å². The van der Waals surface area contributed by atoms with Crippen molar-refractivity contribution in [3.05, 3.63) is 95.6 Å². The number of hydrogen-bond acceptors (Lipinski definition) is 5. The number of piperidine rings is 3. The smallest absolute Gasteiger partial charge is 0.232 e. The van der Waals surface area contributed by atoms with E-state index in [9.17, 15) is 8.42 Å². The summed E-state index contributed by atoms with van der Waals surface area (Å²) < 4.78 is 32.8. The van der Waals surface area contributed by atoms with Crippen LogP contribution in [0.3, 0.4) is 0 Å². The van der Waals surface area contributed by atoms with Crippen LogP contribution in [0.15, 0.2) is 78.9 Å². The molecule has 6 nitrogen and oxygen atoms in total. The minimum atomic E-state index is -3.43. The summed E-state index contributed by atoms with van der Waals surface area (Å²) in [5, 5.41) is 4.12. The lowest BCUT2D eigenvalue weighted by molar-refractivity contribution is -0.0743. The van der Waals surface area contributed by atoms with Gasteiger partial charge in [-0.2, -0.15) is 0 Å². The second-order valence-electron chi connectivity index (χ2n) is 13.2. The maximum Gasteiger partial charge on any atom is 0.232 e. The minimum Gasteiger partial charge on any atom is -0.496 e. The molecule has 7 rings (SSSR count). The van der Waals surface area contributed by atoms with Gasteiger partial charge in [-0.3, -0.25) is 9.21 Å². The van der Waals surface area contributed by atoms with E-state index in [-0.39, 0.29) is 12.0 Å². The molecule has 4 unspecified atom stereocenters. The molecule has 3 aromatic rings. The van der Waals surface area contributed by atoms with Gasteiger partial charge in [-0.1, -0.05) is 73.5 Å². The van der Waals surface area contributed by atoms with Crippen molar-refractivity contribution >= 4 is 15.7 Å². The second kappa shape index (κ2) is 12.6. The molecule has 1 aliphatic carbocycles. The summed E-state index contributed by atoms with van der Waals surface area (Å²) in [6, 6.07) is 28.3. The summed E-state index contributed by atoms with van der Waals surface area (Å²) in [6.45, 7) is 6.80. The fourth-order valence-electron chi connectivity index (χ4n) is 8.69. The number of methoxy groups -OCH3 is 1. The summed E-state index contributed by atoms with van der Waals surface area (Å²) >= 11 is 0. The van der Waals surface area contributed by atoms with Crippen molar-refractivity contribution in [1.82, 2.24) is 10.2 Å². The summed E-state index contributed by atoms with van der Waals surface area (Å²) in [5.74, 6) is 3.06. The third-order valence-corrected chi connectivity index (χ3v) is 11.5. The van der Waals surface area contributed by atoms with Crippen LogP contribution in [0.25, 0.3) is 0 Å². The Bertz CT molecular complexity index is 1420. The second-order valence-corrected chi connectivity index (χ2v) is 15.0. The van der Waals surface area contributed by atoms with Crippen molar-refractivity contribution in [3.63, 3.8) is 0 Å². The van der Waals surface area contributed by atoms with E-state index in [2.05, 4.69) is 70.9 Å². The van der Waals surface area contributed by atoms with Gasteiger partial charge in [-0.25, -0.2) is 8.42 Å². The molecule has 1 saturated carbocycles. The maximum atomic E-state index is 12.7. The molecular weight excluding hydrogens is 554 g/mol. The molecule has 3 heterocycles. The molecule has 230 valence electrons. The summed E-state index contributed by atoms with van der Waals surface area (Å²) in [4.78, 5) is 2.82. The topological polar surface area (TPSA) is 61.9 Å². The van der Waals surface area contributed by atoms with Gasteiger partial charge in [0.1, 0.15) is 5.75 Å². The lowest BCUT2D eigenvalue weighted by Gasteiger charge is -2.60. The van der Waals surface area contributed by atoms with Crippen LogP contribution in [0.2, 0.25) is 0 Å². The summed E-state index contributed by atoms with van der Waals surface area (Å²) in [5.41, 5.74) is 4.40. The molecule has 3 saturated heterocycles. The Morgan fingerprint density at radius 2 is 1.49 bits per heavy atom. The number of nitrogens with zero attached hydrogens (tertiary/aromatic N) is 2. The van der Waals surface area contributed by atoms with Gasteiger partial charge in [0.15, 0.2) is 0 Å². The van der Waals surface area contributed by atoms with Crippen LogP contribution in [0, 0.1) is 17.8 Å². The highest BCUT2D eigenvalue weighted by molar-refractivity contribution is 7.92. The first-order valence-electron chi connectivity index (χ1n) is 16.0. The number of hydrogen-bond donors (Lipinski definition) is 1. The molecule has 43 heavy (non-hydrogen) atoms. The van der Waals surface area contributed by atoms with Crippen LogP contribution < -0.4 is 14.4 Å². The number of benzene rings is 3. The predicted molar refractivity (Wildman–Crippen MR) is 175 cm³/mol. The van der Waals surface area contributed by atoms with Crippen molar-refractivity contribution in [2.24, 2.45) is 17.8 Å². The molecule has 4 atom stereocenters. The average molecular weight is 602 g/mol. The maximum absolute atomic E-state index is 12.7. The van der Waals surface area contributed by atoms with E-state index >= 15 is 0 Å². The first kappa shape index (κ1) is 30.2. The number of fused-ring (bicyclic) bond motifs is 1. The standard InChI is InChI=1S/C36H47N3O3S/c1-25(2)39(43(4,40)41)31-19-20-32(42-3)30(21-31)22-37-35-33-28-17-11-12-18-29(33)24-38(23-28)36(35)34(26-13-7-5-8-14-26)27-15-9-6-10-16-27/h5-10,13-16,19-21,25,28-29,33-37H,11-12,17-18,22-24H2,1-4H3. The lowest BCUT2D eigenvalue weighted by atomic mass is 9.62. The molecule has 4 aliphatic rings. The monoisotopic (exact) mass is 601 g/mol. The number of rotatable bonds is 10. The van der Waals surface area contributed by atoms with Crippen molar-refractivity contribution in [2.45, 2.75) is 70.1 Å². The molecule has 1 N–H and O–H groups in total. The quantitative estimate of drug-likeness (QED) is 0.296. The Morgan fingerprint density at radius 1 is 0.907 bits per heavy atom. The van der Waals surface area contributed by atoms with Gasteiger partial charge in [0.05, 0.1) is 19.1 Å². The van der Waals surface area contributed by atoms with Crippen molar-refractivity contribution in [3.8, 4) is 5.75 Å². The van der Waals surface area contributed by atoms with Gasteiger partial charge in [0, 0.05) is 49.2 Å². The molecule has 3 aromatic carbocycles. The fourth-order valence-corrected chi connectivity index (χ4v) is 9.96. The molecule has 0 amide bonds. The average Bonchev–Trinajstić information content (AvgIpc) is 3.13. The molecule has 4 bridgehead atoms. The zero-order valence-electron chi connectivity index (χ0n) is 26.0. The number of sulfonamides is 1. The van der Waals surface area contributed by atoms with E-state index in [4.69, 9.17) is 4.74 Å². The lowest BCUT2D eigenvalue weighted by Crippen LogP contribution is -2.70. The van der Waals surface area contributed by atoms with E-state index in [1.807, 2.05) is 32.0 Å². The Morgan fingerprint density at radius 3 is 2.00 bits per heavy atom. The molecule has 0 aromatic heterocycles. The van der Waals surface area contributed by atoms with Gasteiger partial charge < -0.3 is 10.1 Å². The highest BCUT2D eigenvalue weighted by Crippen LogP contribution is 2.50. The van der Waals surface area contributed by atoms with E-state index in [0.29, 0.717) is 42.1 Å². The molecule has 7 heteroatoms. The van der Waals surface area contributed by atoms with Crippen LogP contribution in [0.5, 0.6) is 5.75 Å². The van der Waals surface area contributed by atoms with Gasteiger partial charge in [-0.15, -0.1) is 0 Å². The van der Waals surface area contributed by atoms with Crippen LogP contribution in [-0.2, 0) is 16.6 Å². The molecule has 0 radical (unpaired) electrons. The van der Waals surface area contributed by atoms with Gasteiger partial charge in [0.2, 0.25) is 10.0 Å². The third-order valence-electron chi connectivity index (χ3n) is 10.2. The zero-order valence-corrected chi connectivity index (χ0v) is 26.8. The molecule has 4 fully saturated rings. The summed E-state index contributed by atoms with van der Waals surface area (Å²) in [6.07, 6.45) is 6.55. The zero-order chi connectivity index (χ0) is 30.1. The van der Waals surface area contributed by atoms with Crippen molar-refractivity contribution in [1.29, 1.82) is 0 Å². The Kier molecular flexibility index (Phi) is 8.86. The minimum absolute atomic E-state index is 0.184. The van der Waals surface area contributed by atoms with E-state index in [1.165, 1.54) is 60.5 Å². The largest absolute Gasteiger partial charge is 0.496 e.